The van der Waals surface area contributed by atoms with E-state index < -0.39 is 11.7 Å². The number of hydrogen-bond acceptors (Lipinski definition) is 3. The third-order valence-corrected chi connectivity index (χ3v) is 4.92. The Hall–Kier alpha value is -4.14. The Morgan fingerprint density at radius 2 is 1.58 bits per heavy atom. The molecule has 168 valence electrons. The van der Waals surface area contributed by atoms with Crippen molar-refractivity contribution in [2.75, 3.05) is 10.6 Å². The minimum Gasteiger partial charge on any atom is -0.326 e. The van der Waals surface area contributed by atoms with Crippen molar-refractivity contribution in [1.82, 2.24) is 9.38 Å². The number of alkyl halides is 3. The number of nitrogens with zero attached hydrogens (tertiary/aromatic N) is 2. The lowest BCUT2D eigenvalue weighted by Gasteiger charge is -2.13. The highest BCUT2D eigenvalue weighted by molar-refractivity contribution is 5.95. The van der Waals surface area contributed by atoms with Crippen molar-refractivity contribution in [3.63, 3.8) is 0 Å². The maximum Gasteiger partial charge on any atom is 0.416 e. The molecule has 0 saturated heterocycles. The average molecular weight is 452 g/mol. The summed E-state index contributed by atoms with van der Waals surface area (Å²) in [5.41, 5.74) is 2.78. The minimum atomic E-state index is -4.48. The van der Waals surface area contributed by atoms with Gasteiger partial charge in [0.05, 0.1) is 23.1 Å². The molecule has 33 heavy (non-hydrogen) atoms. The molecule has 0 fully saturated rings. The quantitative estimate of drug-likeness (QED) is 0.423. The molecule has 2 N–H and O–H groups in total. The van der Waals surface area contributed by atoms with Crippen LogP contribution in [0.5, 0.6) is 0 Å². The molecule has 0 aliphatic carbocycles. The molecule has 2 heterocycles. The Labute approximate surface area is 187 Å². The van der Waals surface area contributed by atoms with E-state index in [0.717, 1.165) is 17.7 Å². The van der Waals surface area contributed by atoms with E-state index in [4.69, 9.17) is 0 Å². The van der Waals surface area contributed by atoms with E-state index in [0.29, 0.717) is 33.8 Å². The summed E-state index contributed by atoms with van der Waals surface area (Å²) in [6, 6.07) is 13.8. The van der Waals surface area contributed by atoms with E-state index in [1.165, 1.54) is 26.1 Å². The molecule has 0 aliphatic rings. The van der Waals surface area contributed by atoms with Crippen LogP contribution in [0, 0.1) is 0 Å². The van der Waals surface area contributed by atoms with Gasteiger partial charge in [0.2, 0.25) is 11.8 Å². The summed E-state index contributed by atoms with van der Waals surface area (Å²) in [5.74, 6) is -0.535. The molecule has 9 heteroatoms. The maximum absolute atomic E-state index is 13.2. The van der Waals surface area contributed by atoms with Gasteiger partial charge in [0.15, 0.2) is 5.65 Å². The standard InChI is InChI=1S/C24H19F3N4O2/c1-14(32)29-20-8-4-5-16(10-20)18-11-21(30-15(2)33)23-28-12-22(31(23)13-18)17-6-3-7-19(9-17)24(25,26)27/h3-13H,1-2H3,(H,29,32)(H,30,33). The van der Waals surface area contributed by atoms with Crippen LogP contribution in [0.25, 0.3) is 28.0 Å². The highest BCUT2D eigenvalue weighted by Gasteiger charge is 2.30. The number of aromatic nitrogens is 2. The van der Waals surface area contributed by atoms with Gasteiger partial charge in [0, 0.05) is 36.9 Å². The van der Waals surface area contributed by atoms with Gasteiger partial charge in [0.25, 0.3) is 0 Å². The predicted molar refractivity (Wildman–Crippen MR) is 120 cm³/mol. The second-order valence-corrected chi connectivity index (χ2v) is 7.50. The van der Waals surface area contributed by atoms with Gasteiger partial charge in [-0.2, -0.15) is 13.2 Å². The number of nitrogens with one attached hydrogen (secondary N) is 2. The topological polar surface area (TPSA) is 75.5 Å². The lowest BCUT2D eigenvalue weighted by Crippen LogP contribution is -2.08. The lowest BCUT2D eigenvalue weighted by molar-refractivity contribution is -0.137. The van der Waals surface area contributed by atoms with Gasteiger partial charge in [-0.3, -0.25) is 14.0 Å². The molecule has 0 unspecified atom stereocenters. The fraction of sp³-hybridized carbons (Fsp3) is 0.125. The SMILES string of the molecule is CC(=O)Nc1cccc(-c2cc(NC(C)=O)c3ncc(-c4cccc(C(F)(F)F)c4)n3c2)c1. The van der Waals surface area contributed by atoms with Crippen LogP contribution in [0.15, 0.2) is 67.0 Å². The first kappa shape index (κ1) is 22.1. The Morgan fingerprint density at radius 1 is 0.879 bits per heavy atom. The smallest absolute Gasteiger partial charge is 0.326 e. The van der Waals surface area contributed by atoms with E-state index in [1.807, 2.05) is 6.07 Å². The molecule has 4 rings (SSSR count). The van der Waals surface area contributed by atoms with Crippen LogP contribution in [-0.2, 0) is 15.8 Å². The first-order valence-electron chi connectivity index (χ1n) is 9.96. The number of carbonyl (C=O) groups excluding carboxylic acids is 2. The molecule has 4 aromatic rings. The van der Waals surface area contributed by atoms with Crippen molar-refractivity contribution >= 4 is 28.8 Å². The van der Waals surface area contributed by atoms with Crippen LogP contribution in [-0.4, -0.2) is 21.2 Å². The molecule has 2 aromatic heterocycles. The van der Waals surface area contributed by atoms with Gasteiger partial charge in [-0.1, -0.05) is 24.3 Å². The van der Waals surface area contributed by atoms with Crippen LogP contribution >= 0.6 is 0 Å². The number of rotatable bonds is 4. The van der Waals surface area contributed by atoms with Gasteiger partial charge in [-0.15, -0.1) is 0 Å². The highest BCUT2D eigenvalue weighted by atomic mass is 19.4. The summed E-state index contributed by atoms with van der Waals surface area (Å²) in [7, 11) is 0. The largest absolute Gasteiger partial charge is 0.416 e. The highest BCUT2D eigenvalue weighted by Crippen LogP contribution is 2.34. The third-order valence-electron chi connectivity index (χ3n) is 4.92. The number of pyridine rings is 1. The van der Waals surface area contributed by atoms with Crippen LogP contribution in [0.3, 0.4) is 0 Å². The molecule has 2 amide bonds. The molecule has 0 bridgehead atoms. The molecular formula is C24H19F3N4O2. The van der Waals surface area contributed by atoms with Gasteiger partial charge in [0.1, 0.15) is 0 Å². The van der Waals surface area contributed by atoms with Crippen LogP contribution in [0.1, 0.15) is 19.4 Å². The summed E-state index contributed by atoms with van der Waals surface area (Å²) in [6.07, 6.45) is -1.28. The number of benzene rings is 2. The Morgan fingerprint density at radius 3 is 2.27 bits per heavy atom. The molecule has 0 atom stereocenters. The maximum atomic E-state index is 13.2. The number of carbonyl (C=O) groups is 2. The average Bonchev–Trinajstić information content (AvgIpc) is 3.17. The van der Waals surface area contributed by atoms with Gasteiger partial charge in [-0.05, 0) is 35.9 Å². The number of fused-ring (bicyclic) bond motifs is 1. The fourth-order valence-corrected chi connectivity index (χ4v) is 3.57. The molecule has 0 radical (unpaired) electrons. The number of hydrogen-bond donors (Lipinski definition) is 2. The van der Waals surface area contributed by atoms with Gasteiger partial charge < -0.3 is 10.6 Å². The molecule has 0 aliphatic heterocycles. The Bertz CT molecular complexity index is 1380. The summed E-state index contributed by atoms with van der Waals surface area (Å²) in [5, 5.41) is 5.45. The number of imidazole rings is 1. The predicted octanol–water partition coefficient (Wildman–Crippen LogP) is 5.60. The van der Waals surface area contributed by atoms with Crippen molar-refractivity contribution in [2.45, 2.75) is 20.0 Å². The van der Waals surface area contributed by atoms with Crippen LogP contribution in [0.2, 0.25) is 0 Å². The summed E-state index contributed by atoms with van der Waals surface area (Å²) >= 11 is 0. The second-order valence-electron chi connectivity index (χ2n) is 7.50. The first-order valence-corrected chi connectivity index (χ1v) is 9.96. The van der Waals surface area contributed by atoms with Crippen molar-refractivity contribution in [3.05, 3.63) is 72.6 Å². The van der Waals surface area contributed by atoms with E-state index >= 15 is 0 Å². The first-order chi connectivity index (χ1) is 15.6. The van der Waals surface area contributed by atoms with E-state index in [9.17, 15) is 22.8 Å². The fourth-order valence-electron chi connectivity index (χ4n) is 3.57. The zero-order chi connectivity index (χ0) is 23.8. The number of amides is 2. The molecular weight excluding hydrogens is 433 g/mol. The molecule has 6 nitrogen and oxygen atoms in total. The van der Waals surface area contributed by atoms with Crippen molar-refractivity contribution in [2.24, 2.45) is 0 Å². The van der Waals surface area contributed by atoms with Crippen LogP contribution < -0.4 is 10.6 Å². The minimum absolute atomic E-state index is 0.219. The Kier molecular flexibility index (Phi) is 5.63. The Balaban J connectivity index is 1.91. The molecule has 0 spiro atoms. The van der Waals surface area contributed by atoms with Crippen molar-refractivity contribution < 1.29 is 22.8 Å². The summed E-state index contributed by atoms with van der Waals surface area (Å²) in [6.45, 7) is 2.76. The molecule has 0 saturated carbocycles. The number of anilines is 2. The zero-order valence-electron chi connectivity index (χ0n) is 17.7. The lowest BCUT2D eigenvalue weighted by atomic mass is 10.1. The normalized spacial score (nSPS) is 11.4. The number of halogens is 3. The third kappa shape index (κ3) is 4.72. The van der Waals surface area contributed by atoms with Crippen molar-refractivity contribution in [3.8, 4) is 22.4 Å². The van der Waals surface area contributed by atoms with Gasteiger partial charge >= 0.3 is 6.18 Å². The van der Waals surface area contributed by atoms with E-state index in [2.05, 4.69) is 15.6 Å². The van der Waals surface area contributed by atoms with E-state index in [1.54, 1.807) is 40.9 Å². The van der Waals surface area contributed by atoms with Crippen LogP contribution in [0.4, 0.5) is 24.5 Å². The van der Waals surface area contributed by atoms with Crippen molar-refractivity contribution in [1.29, 1.82) is 0 Å². The summed E-state index contributed by atoms with van der Waals surface area (Å²) in [4.78, 5) is 27.6. The second kappa shape index (κ2) is 8.42. The summed E-state index contributed by atoms with van der Waals surface area (Å²) < 4.78 is 41.4. The zero-order valence-corrected chi connectivity index (χ0v) is 17.7. The monoisotopic (exact) mass is 452 g/mol. The van der Waals surface area contributed by atoms with Gasteiger partial charge in [-0.25, -0.2) is 4.98 Å². The molecule has 2 aromatic carbocycles. The van der Waals surface area contributed by atoms with E-state index in [-0.39, 0.29) is 11.8 Å².